The van der Waals surface area contributed by atoms with Crippen LogP contribution in [-0.4, -0.2) is 42.6 Å². The molecular weight excluding hydrogens is 368 g/mol. The Morgan fingerprint density at radius 3 is 1.00 bits per heavy atom. The van der Waals surface area contributed by atoms with Crippen LogP contribution in [0.3, 0.4) is 0 Å². The number of carboxylic acid groups (broad SMARTS) is 2. The fraction of sp³-hybridized carbons (Fsp3) is 0. The highest BCUT2D eigenvalue weighted by molar-refractivity contribution is 5.91. The number of hydrogen-bond acceptors (Lipinski definition) is 6. The molecule has 3 aromatic rings. The highest BCUT2D eigenvalue weighted by Gasteiger charge is 2.06. The Balaban J connectivity index is 0.000000212. The van der Waals surface area contributed by atoms with Gasteiger partial charge in [-0.3, -0.25) is 0 Å². The number of rotatable bonds is 2. The van der Waals surface area contributed by atoms with Crippen molar-refractivity contribution in [1.82, 2.24) is 0 Å². The number of benzene rings is 3. The molecule has 146 valence electrons. The third-order valence-corrected chi connectivity index (χ3v) is 3.12. The molecule has 0 heterocycles. The summed E-state index contributed by atoms with van der Waals surface area (Å²) in [5, 5.41) is 51.9. The maximum Gasteiger partial charge on any atom is 0.339 e. The van der Waals surface area contributed by atoms with Crippen molar-refractivity contribution in [1.29, 1.82) is 0 Å². The molecule has 8 heteroatoms. The smallest absolute Gasteiger partial charge is 0.339 e. The van der Waals surface area contributed by atoms with Gasteiger partial charge in [-0.15, -0.1) is 0 Å². The molecule has 8 nitrogen and oxygen atoms in total. The summed E-state index contributed by atoms with van der Waals surface area (Å²) in [6, 6.07) is 17.3. The summed E-state index contributed by atoms with van der Waals surface area (Å²) >= 11 is 0. The van der Waals surface area contributed by atoms with Crippen LogP contribution in [0.25, 0.3) is 0 Å². The molecule has 0 aliphatic rings. The summed E-state index contributed by atoms with van der Waals surface area (Å²) in [5.41, 5.74) is -0.134. The molecule has 28 heavy (non-hydrogen) atoms. The summed E-state index contributed by atoms with van der Waals surface area (Å²) in [4.78, 5) is 20.5. The van der Waals surface area contributed by atoms with Gasteiger partial charge in [-0.2, -0.15) is 0 Å². The van der Waals surface area contributed by atoms with Gasteiger partial charge in [0.15, 0.2) is 0 Å². The van der Waals surface area contributed by atoms with E-state index < -0.39 is 11.9 Å². The van der Waals surface area contributed by atoms with Gasteiger partial charge < -0.3 is 30.6 Å². The molecule has 0 saturated heterocycles. The van der Waals surface area contributed by atoms with Crippen molar-refractivity contribution < 1.29 is 40.2 Å². The van der Waals surface area contributed by atoms with E-state index in [1.807, 2.05) is 0 Å². The van der Waals surface area contributed by atoms with Crippen molar-refractivity contribution in [2.45, 2.75) is 0 Å². The van der Waals surface area contributed by atoms with Gasteiger partial charge in [0.05, 0.1) is 0 Å². The van der Waals surface area contributed by atoms with Crippen molar-refractivity contribution in [2.24, 2.45) is 0 Å². The van der Waals surface area contributed by atoms with Gasteiger partial charge in [0.1, 0.15) is 34.1 Å². The Hall–Kier alpha value is -4.20. The number of phenolic OH excluding ortho intramolecular Hbond substituents is 2. The first kappa shape index (κ1) is 21.8. The van der Waals surface area contributed by atoms with E-state index in [1.54, 1.807) is 24.3 Å². The van der Waals surface area contributed by atoms with Gasteiger partial charge in [-0.25, -0.2) is 9.59 Å². The summed E-state index contributed by atoms with van der Waals surface area (Å²) < 4.78 is 0. The van der Waals surface area contributed by atoms with Crippen molar-refractivity contribution >= 4 is 11.9 Å². The van der Waals surface area contributed by atoms with Crippen LogP contribution in [0.4, 0.5) is 0 Å². The second-order valence-electron chi connectivity index (χ2n) is 5.16. The molecule has 0 amide bonds. The van der Waals surface area contributed by atoms with Gasteiger partial charge in [0, 0.05) is 0 Å². The van der Waals surface area contributed by atoms with Crippen molar-refractivity contribution in [3.05, 3.63) is 83.9 Å². The lowest BCUT2D eigenvalue weighted by Crippen LogP contribution is -1.95. The Bertz CT molecular complexity index is 843. The zero-order valence-electron chi connectivity index (χ0n) is 14.4. The number of phenols is 4. The summed E-state index contributed by atoms with van der Waals surface area (Å²) in [5.74, 6) is -2.29. The van der Waals surface area contributed by atoms with E-state index in [-0.39, 0.29) is 34.1 Å². The van der Waals surface area contributed by atoms with Crippen LogP contribution in [0, 0.1) is 0 Å². The van der Waals surface area contributed by atoms with Gasteiger partial charge in [0.2, 0.25) is 0 Å². The molecule has 0 aromatic heterocycles. The molecule has 0 saturated carbocycles. The highest BCUT2D eigenvalue weighted by atomic mass is 16.4. The van der Waals surface area contributed by atoms with Crippen LogP contribution in [0.1, 0.15) is 20.7 Å². The minimum Gasteiger partial charge on any atom is -0.508 e. The van der Waals surface area contributed by atoms with Gasteiger partial charge in [-0.1, -0.05) is 24.3 Å². The summed E-state index contributed by atoms with van der Waals surface area (Å²) in [7, 11) is 0. The van der Waals surface area contributed by atoms with E-state index in [0.29, 0.717) is 0 Å². The fourth-order valence-corrected chi connectivity index (χ4v) is 1.76. The summed E-state index contributed by atoms with van der Waals surface area (Å²) in [6.07, 6.45) is 0. The number of hydrogen-bond donors (Lipinski definition) is 6. The molecule has 0 spiro atoms. The number of carbonyl (C=O) groups is 2. The largest absolute Gasteiger partial charge is 0.508 e. The molecule has 0 aliphatic carbocycles. The SMILES string of the molecule is O=C(O)c1ccccc1O.O=C(O)c1ccccc1O.Oc1ccc(O)cc1. The van der Waals surface area contributed by atoms with Gasteiger partial charge >= 0.3 is 11.9 Å². The van der Waals surface area contributed by atoms with Crippen LogP contribution in [-0.2, 0) is 0 Å². The standard InChI is InChI=1S/2C7H6O3.C6H6O2/c2*8-6-4-2-1-3-5(6)7(9)10;7-5-1-2-6(8)4-3-5/h2*1-4,8H,(H,9,10);1-4,7-8H. The minimum atomic E-state index is -1.11. The Kier molecular flexibility index (Phi) is 8.36. The lowest BCUT2D eigenvalue weighted by molar-refractivity contribution is 0.0682. The van der Waals surface area contributed by atoms with Gasteiger partial charge in [-0.05, 0) is 48.5 Å². The Morgan fingerprint density at radius 2 is 0.786 bits per heavy atom. The van der Waals surface area contributed by atoms with Crippen LogP contribution < -0.4 is 0 Å². The van der Waals surface area contributed by atoms with Crippen LogP contribution in [0.15, 0.2) is 72.8 Å². The predicted molar refractivity (Wildman–Crippen MR) is 99.9 cm³/mol. The Morgan fingerprint density at radius 1 is 0.500 bits per heavy atom. The molecule has 3 aromatic carbocycles. The average Bonchev–Trinajstić information content (AvgIpc) is 2.65. The zero-order chi connectivity index (χ0) is 21.1. The van der Waals surface area contributed by atoms with Crippen LogP contribution >= 0.6 is 0 Å². The number of para-hydroxylation sites is 2. The zero-order valence-corrected chi connectivity index (χ0v) is 14.4. The maximum atomic E-state index is 10.3. The first-order chi connectivity index (χ1) is 13.2. The Labute approximate surface area is 159 Å². The van der Waals surface area contributed by atoms with E-state index in [2.05, 4.69) is 0 Å². The predicted octanol–water partition coefficient (Wildman–Crippen LogP) is 3.28. The topological polar surface area (TPSA) is 156 Å². The number of carboxylic acids is 2. The first-order valence-corrected chi connectivity index (χ1v) is 7.73. The second-order valence-corrected chi connectivity index (χ2v) is 5.16. The molecule has 3 rings (SSSR count). The molecular formula is C20H18O8. The third kappa shape index (κ3) is 7.36. The second kappa shape index (κ2) is 10.7. The summed E-state index contributed by atoms with van der Waals surface area (Å²) in [6.45, 7) is 0. The minimum absolute atomic E-state index is 0.0671. The first-order valence-electron chi connectivity index (χ1n) is 7.73. The number of aromatic carboxylic acids is 2. The molecule has 0 radical (unpaired) electrons. The van der Waals surface area contributed by atoms with Gasteiger partial charge in [0.25, 0.3) is 0 Å². The quantitative estimate of drug-likeness (QED) is 0.367. The molecule has 0 fully saturated rings. The monoisotopic (exact) mass is 386 g/mol. The van der Waals surface area contributed by atoms with E-state index in [1.165, 1.54) is 48.5 Å². The highest BCUT2D eigenvalue weighted by Crippen LogP contribution is 2.15. The fourth-order valence-electron chi connectivity index (χ4n) is 1.76. The molecule has 0 aliphatic heterocycles. The van der Waals surface area contributed by atoms with E-state index >= 15 is 0 Å². The van der Waals surface area contributed by atoms with E-state index in [4.69, 9.17) is 30.6 Å². The molecule has 0 unspecified atom stereocenters. The van der Waals surface area contributed by atoms with E-state index in [9.17, 15) is 9.59 Å². The molecule has 6 N–H and O–H groups in total. The third-order valence-electron chi connectivity index (χ3n) is 3.12. The lowest BCUT2D eigenvalue weighted by atomic mass is 10.2. The van der Waals surface area contributed by atoms with Crippen molar-refractivity contribution in [3.63, 3.8) is 0 Å². The van der Waals surface area contributed by atoms with Crippen molar-refractivity contribution in [2.75, 3.05) is 0 Å². The lowest BCUT2D eigenvalue weighted by Gasteiger charge is -1.95. The van der Waals surface area contributed by atoms with E-state index in [0.717, 1.165) is 0 Å². The molecule has 0 bridgehead atoms. The average molecular weight is 386 g/mol. The maximum absolute atomic E-state index is 10.3. The van der Waals surface area contributed by atoms with Crippen LogP contribution in [0.5, 0.6) is 23.0 Å². The normalized spacial score (nSPS) is 9.14. The van der Waals surface area contributed by atoms with Crippen molar-refractivity contribution in [3.8, 4) is 23.0 Å². The molecule has 0 atom stereocenters. The number of aromatic hydroxyl groups is 4. The van der Waals surface area contributed by atoms with Crippen LogP contribution in [0.2, 0.25) is 0 Å².